The topological polar surface area (TPSA) is 37.4 Å². The Kier molecular flexibility index (Phi) is 3.89. The molecule has 2 atom stereocenters. The van der Waals surface area contributed by atoms with Crippen LogP contribution in [-0.4, -0.2) is 11.8 Å². The molecule has 30 heavy (non-hydrogen) atoms. The van der Waals surface area contributed by atoms with Crippen LogP contribution < -0.4 is 4.90 Å². The van der Waals surface area contributed by atoms with Crippen LogP contribution in [0.5, 0.6) is 0 Å². The number of carbonyl (C=O) groups is 2. The molecule has 3 aromatic carbocycles. The zero-order chi connectivity index (χ0) is 20.8. The van der Waals surface area contributed by atoms with Gasteiger partial charge in [-0.2, -0.15) is 0 Å². The van der Waals surface area contributed by atoms with E-state index in [1.165, 1.54) is 4.90 Å². The van der Waals surface area contributed by atoms with E-state index in [1.54, 1.807) is 0 Å². The third-order valence-electron chi connectivity index (χ3n) is 6.65. The summed E-state index contributed by atoms with van der Waals surface area (Å²) in [4.78, 5) is 29.1. The van der Waals surface area contributed by atoms with Crippen molar-refractivity contribution < 1.29 is 9.59 Å². The van der Waals surface area contributed by atoms with E-state index < -0.39 is 20.5 Å². The Morgan fingerprint density at radius 3 is 1.50 bits per heavy atom. The van der Waals surface area contributed by atoms with Crippen molar-refractivity contribution in [2.75, 3.05) is 4.90 Å². The van der Waals surface area contributed by atoms with E-state index >= 15 is 0 Å². The zero-order valence-corrected chi connectivity index (χ0v) is 20.2. The Bertz CT molecular complexity index is 1150. The average Bonchev–Trinajstić information content (AvgIpc) is 3.03. The number of carbonyl (C=O) groups excluding carboxylic acids is 2. The summed E-state index contributed by atoms with van der Waals surface area (Å²) in [6.07, 6.45) is 0. The number of benzene rings is 3. The summed E-state index contributed by atoms with van der Waals surface area (Å²) in [5.74, 6) is -1.44. The Morgan fingerprint density at radius 1 is 0.667 bits per heavy atom. The number of imide groups is 1. The fourth-order valence-electron chi connectivity index (χ4n) is 5.54. The molecule has 3 aliphatic carbocycles. The van der Waals surface area contributed by atoms with Gasteiger partial charge in [-0.05, 0) is 40.5 Å². The molecule has 2 bridgehead atoms. The maximum Gasteiger partial charge on any atom is 0.239 e. The van der Waals surface area contributed by atoms with Crippen molar-refractivity contribution in [2.45, 2.75) is 8.65 Å². The number of anilines is 1. The predicted octanol–water partition coefficient (Wildman–Crippen LogP) is 5.86. The minimum atomic E-state index is -0.756. The highest BCUT2D eigenvalue weighted by atomic mass is 79.9. The average molecular weight is 588 g/mol. The van der Waals surface area contributed by atoms with Gasteiger partial charge in [-0.1, -0.05) is 102 Å². The van der Waals surface area contributed by atoms with Crippen molar-refractivity contribution in [3.05, 3.63) is 99.5 Å². The van der Waals surface area contributed by atoms with Crippen molar-refractivity contribution >= 4 is 65.3 Å². The molecule has 1 aliphatic heterocycles. The second-order valence-electron chi connectivity index (χ2n) is 7.96. The number of rotatable bonds is 1. The first kappa shape index (κ1) is 19.0. The number of nitrogens with zero attached hydrogens (tertiary/aromatic N) is 1. The van der Waals surface area contributed by atoms with Gasteiger partial charge in [0, 0.05) is 4.47 Å². The van der Waals surface area contributed by atoms with Crippen molar-refractivity contribution in [2.24, 2.45) is 11.8 Å². The standard InChI is InChI=1S/C24H14Br3NO2/c25-13-6-5-7-14(12-13)28-21(29)19-20(22(28)30)24(27)16-9-2-1-8-15(16)23(19,26)17-10-3-4-11-18(17)24/h1-12,19-20H/t19-,20-,23?,24?/m1/s1. The van der Waals surface area contributed by atoms with E-state index in [2.05, 4.69) is 72.1 Å². The van der Waals surface area contributed by atoms with Crippen molar-refractivity contribution in [3.63, 3.8) is 0 Å². The molecule has 0 N–H and O–H groups in total. The minimum Gasteiger partial charge on any atom is -0.274 e. The van der Waals surface area contributed by atoms with Gasteiger partial charge in [-0.15, -0.1) is 0 Å². The van der Waals surface area contributed by atoms with Gasteiger partial charge in [-0.25, -0.2) is 4.90 Å². The molecule has 148 valence electrons. The number of amides is 2. The van der Waals surface area contributed by atoms with Crippen molar-refractivity contribution in [1.29, 1.82) is 0 Å². The molecule has 1 fully saturated rings. The molecule has 6 heteroatoms. The Morgan fingerprint density at radius 2 is 1.10 bits per heavy atom. The summed E-state index contributed by atoms with van der Waals surface area (Å²) in [5.41, 5.74) is 4.75. The molecule has 3 nitrogen and oxygen atoms in total. The predicted molar refractivity (Wildman–Crippen MR) is 126 cm³/mol. The Balaban J connectivity index is 1.67. The summed E-state index contributed by atoms with van der Waals surface area (Å²) >= 11 is 11.5. The van der Waals surface area contributed by atoms with E-state index in [-0.39, 0.29) is 11.8 Å². The fourth-order valence-corrected chi connectivity index (χ4v) is 8.23. The second kappa shape index (κ2) is 6.15. The van der Waals surface area contributed by atoms with Crippen LogP contribution in [0.3, 0.4) is 0 Å². The van der Waals surface area contributed by atoms with Crippen LogP contribution in [0.25, 0.3) is 0 Å². The van der Waals surface area contributed by atoms with Crippen LogP contribution in [-0.2, 0) is 18.2 Å². The molecule has 0 radical (unpaired) electrons. The van der Waals surface area contributed by atoms with Crippen molar-refractivity contribution in [3.8, 4) is 0 Å². The van der Waals surface area contributed by atoms with Gasteiger partial charge in [0.2, 0.25) is 11.8 Å². The van der Waals surface area contributed by atoms with Gasteiger partial charge < -0.3 is 0 Å². The Hall–Kier alpha value is -1.76. The van der Waals surface area contributed by atoms with Crippen LogP contribution in [0.15, 0.2) is 77.3 Å². The molecule has 1 saturated heterocycles. The van der Waals surface area contributed by atoms with Gasteiger partial charge in [0.05, 0.1) is 26.2 Å². The normalized spacial score (nSPS) is 30.8. The highest BCUT2D eigenvalue weighted by Gasteiger charge is 2.72. The van der Waals surface area contributed by atoms with Gasteiger partial charge in [-0.3, -0.25) is 9.59 Å². The lowest BCUT2D eigenvalue weighted by Crippen LogP contribution is -2.56. The lowest BCUT2D eigenvalue weighted by molar-refractivity contribution is -0.122. The minimum absolute atomic E-state index is 0.173. The van der Waals surface area contributed by atoms with Crippen LogP contribution in [0, 0.1) is 11.8 Å². The molecule has 7 rings (SSSR count). The molecule has 0 aromatic heterocycles. The monoisotopic (exact) mass is 585 g/mol. The lowest BCUT2D eigenvalue weighted by atomic mass is 9.54. The zero-order valence-electron chi connectivity index (χ0n) is 15.5. The lowest BCUT2D eigenvalue weighted by Gasteiger charge is -2.55. The van der Waals surface area contributed by atoms with Crippen LogP contribution in [0.2, 0.25) is 0 Å². The third kappa shape index (κ3) is 2.05. The summed E-state index contributed by atoms with van der Waals surface area (Å²) in [7, 11) is 0. The highest BCUT2D eigenvalue weighted by molar-refractivity contribution is 9.10. The second-order valence-corrected chi connectivity index (χ2v) is 11.4. The largest absolute Gasteiger partial charge is 0.274 e. The van der Waals surface area contributed by atoms with E-state index in [9.17, 15) is 9.59 Å². The maximum atomic E-state index is 13.9. The van der Waals surface area contributed by atoms with Gasteiger partial charge >= 0.3 is 0 Å². The number of hydrogen-bond acceptors (Lipinski definition) is 2. The smallest absolute Gasteiger partial charge is 0.239 e. The van der Waals surface area contributed by atoms with Gasteiger partial charge in [0.1, 0.15) is 0 Å². The SMILES string of the molecule is O=C1[C@H]2[C@H](C(=O)N1c1cccc(Br)c1)C1(Br)c3ccccc3C2(Br)c2ccccc21. The first-order valence-electron chi connectivity index (χ1n) is 9.61. The van der Waals surface area contributed by atoms with Crippen molar-refractivity contribution in [1.82, 2.24) is 0 Å². The molecular weight excluding hydrogens is 574 g/mol. The van der Waals surface area contributed by atoms with E-state index in [0.29, 0.717) is 5.69 Å². The first-order valence-corrected chi connectivity index (χ1v) is 12.0. The molecular formula is C24H14Br3NO2. The number of alkyl halides is 2. The highest BCUT2D eigenvalue weighted by Crippen LogP contribution is 2.70. The van der Waals surface area contributed by atoms with Crippen LogP contribution in [0.1, 0.15) is 22.3 Å². The summed E-state index contributed by atoms with van der Waals surface area (Å²) in [6.45, 7) is 0. The molecule has 3 aromatic rings. The van der Waals surface area contributed by atoms with E-state index in [0.717, 1.165) is 26.7 Å². The van der Waals surface area contributed by atoms with Crippen LogP contribution in [0.4, 0.5) is 5.69 Å². The summed E-state index contributed by atoms with van der Waals surface area (Å²) in [6, 6.07) is 23.6. The summed E-state index contributed by atoms with van der Waals surface area (Å²) in [5, 5.41) is 0. The molecule has 0 unspecified atom stereocenters. The quantitative estimate of drug-likeness (QED) is 0.264. The molecule has 0 spiro atoms. The van der Waals surface area contributed by atoms with Crippen LogP contribution >= 0.6 is 47.8 Å². The molecule has 1 heterocycles. The maximum absolute atomic E-state index is 13.9. The number of halogens is 3. The summed E-state index contributed by atoms with van der Waals surface area (Å²) < 4.78 is -0.686. The van der Waals surface area contributed by atoms with E-state index in [4.69, 9.17) is 0 Å². The van der Waals surface area contributed by atoms with E-state index in [1.807, 2.05) is 48.5 Å². The first-order chi connectivity index (χ1) is 14.4. The molecule has 4 aliphatic rings. The third-order valence-corrected chi connectivity index (χ3v) is 9.84. The van der Waals surface area contributed by atoms with Gasteiger partial charge in [0.15, 0.2) is 0 Å². The molecule has 0 saturated carbocycles. The fraction of sp³-hybridized carbons (Fsp3) is 0.167. The van der Waals surface area contributed by atoms with Gasteiger partial charge in [0.25, 0.3) is 0 Å². The number of hydrogen-bond donors (Lipinski definition) is 0. The molecule has 2 amide bonds. The Labute approximate surface area is 198 Å².